The van der Waals surface area contributed by atoms with Gasteiger partial charge < -0.3 is 9.40 Å². The van der Waals surface area contributed by atoms with Crippen molar-refractivity contribution in [2.24, 2.45) is 5.16 Å². The Morgan fingerprint density at radius 1 is 0.625 bits per heavy atom. The Morgan fingerprint density at radius 2 is 1.18 bits per heavy atom. The summed E-state index contributed by atoms with van der Waals surface area (Å²) in [6.45, 7) is 3.41. The molecule has 6 rings (SSSR count). The quantitative estimate of drug-likeness (QED) is 0.0977. The number of benzene rings is 5. The number of oxime groups is 1. The van der Waals surface area contributed by atoms with Crippen LogP contribution >= 0.6 is 0 Å². The van der Waals surface area contributed by atoms with Crippen molar-refractivity contribution in [3.63, 3.8) is 0 Å². The number of aryl methyl sites for hydroxylation is 1. The lowest BCUT2D eigenvalue weighted by Gasteiger charge is -2.10. The second-order valence-electron chi connectivity index (χ2n) is 9.72. The summed E-state index contributed by atoms with van der Waals surface area (Å²) >= 11 is 0. The van der Waals surface area contributed by atoms with Gasteiger partial charge in [0.05, 0.1) is 11.0 Å². The largest absolute Gasteiger partial charge is 0.332 e. The van der Waals surface area contributed by atoms with Gasteiger partial charge >= 0.3 is 5.97 Å². The van der Waals surface area contributed by atoms with Crippen LogP contribution in [0, 0.1) is 6.92 Å². The molecule has 0 amide bonds. The molecule has 5 nitrogen and oxygen atoms in total. The van der Waals surface area contributed by atoms with Gasteiger partial charge in [-0.05, 0) is 43.3 Å². The Balaban J connectivity index is 1.48. The zero-order valence-corrected chi connectivity index (χ0v) is 22.2. The van der Waals surface area contributed by atoms with E-state index in [1.807, 2.05) is 54.6 Å². The van der Waals surface area contributed by atoms with Gasteiger partial charge in [0.1, 0.15) is 5.71 Å². The highest BCUT2D eigenvalue weighted by Crippen LogP contribution is 2.34. The van der Waals surface area contributed by atoms with E-state index in [-0.39, 0.29) is 5.78 Å². The van der Waals surface area contributed by atoms with E-state index in [0.29, 0.717) is 16.8 Å². The summed E-state index contributed by atoms with van der Waals surface area (Å²) in [6, 6.07) is 39.3. The molecule has 40 heavy (non-hydrogen) atoms. The molecule has 6 aromatic rings. The van der Waals surface area contributed by atoms with Gasteiger partial charge in [-0.1, -0.05) is 95.6 Å². The predicted molar refractivity (Wildman–Crippen MR) is 159 cm³/mol. The van der Waals surface area contributed by atoms with E-state index in [0.717, 1.165) is 44.2 Å². The average molecular weight is 523 g/mol. The van der Waals surface area contributed by atoms with Crippen LogP contribution in [0.5, 0.6) is 0 Å². The van der Waals surface area contributed by atoms with Crippen LogP contribution in [0.1, 0.15) is 39.5 Å². The minimum Gasteiger partial charge on any atom is -0.318 e. The van der Waals surface area contributed by atoms with E-state index in [1.165, 1.54) is 6.92 Å². The zero-order chi connectivity index (χ0) is 27.6. The first-order valence-corrected chi connectivity index (χ1v) is 13.1. The summed E-state index contributed by atoms with van der Waals surface area (Å²) in [4.78, 5) is 29.8. The number of hydrogen-bond acceptors (Lipinski definition) is 4. The molecule has 0 aliphatic heterocycles. The number of rotatable bonds is 6. The number of aromatic nitrogens is 1. The molecule has 5 aromatic carbocycles. The van der Waals surface area contributed by atoms with Gasteiger partial charge in [-0.3, -0.25) is 4.79 Å². The number of fused-ring (bicyclic) bond motifs is 3. The SMILES string of the molecule is CC(=O)O/N=C(/c1ccc(C(=O)c2ccccc2)cc1)c1ccc2c(c1)c1cc(C)ccc1n2-c1ccccc1. The molecule has 0 aliphatic rings. The van der Waals surface area contributed by atoms with Gasteiger partial charge in [0.15, 0.2) is 5.78 Å². The van der Waals surface area contributed by atoms with E-state index in [9.17, 15) is 9.59 Å². The first kappa shape index (κ1) is 25.0. The number of carbonyl (C=O) groups is 2. The van der Waals surface area contributed by atoms with Crippen molar-refractivity contribution in [2.45, 2.75) is 13.8 Å². The number of para-hydroxylation sites is 1. The Kier molecular flexibility index (Phi) is 6.54. The number of ketones is 1. The summed E-state index contributed by atoms with van der Waals surface area (Å²) in [5, 5.41) is 6.42. The van der Waals surface area contributed by atoms with Gasteiger partial charge in [-0.2, -0.15) is 0 Å². The highest BCUT2D eigenvalue weighted by molar-refractivity contribution is 6.18. The summed E-state index contributed by atoms with van der Waals surface area (Å²) in [6.07, 6.45) is 0. The van der Waals surface area contributed by atoms with Gasteiger partial charge in [0, 0.05) is 45.6 Å². The molecule has 1 aromatic heterocycles. The van der Waals surface area contributed by atoms with E-state index >= 15 is 0 Å². The maximum Gasteiger partial charge on any atom is 0.332 e. The standard InChI is InChI=1S/C35H26N2O3/c1-23-13-19-32-30(21-23)31-22-28(18-20-33(31)37(32)29-11-7-4-8-12-29)34(36-40-24(2)38)25-14-16-27(17-15-25)35(39)26-9-5-3-6-10-26/h3-22H,1-2H3/b36-34-. The van der Waals surface area contributed by atoms with Gasteiger partial charge in [-0.25, -0.2) is 4.79 Å². The third-order valence-electron chi connectivity index (χ3n) is 6.93. The van der Waals surface area contributed by atoms with E-state index < -0.39 is 5.97 Å². The molecular weight excluding hydrogens is 496 g/mol. The summed E-state index contributed by atoms with van der Waals surface area (Å²) < 4.78 is 2.25. The molecule has 0 atom stereocenters. The molecule has 0 bridgehead atoms. The first-order chi connectivity index (χ1) is 19.5. The lowest BCUT2D eigenvalue weighted by molar-refractivity contribution is -0.140. The van der Waals surface area contributed by atoms with E-state index in [2.05, 4.69) is 59.1 Å². The molecule has 1 heterocycles. The van der Waals surface area contributed by atoms with Gasteiger partial charge in [0.25, 0.3) is 0 Å². The van der Waals surface area contributed by atoms with E-state index in [4.69, 9.17) is 4.84 Å². The Bertz CT molecular complexity index is 1900. The van der Waals surface area contributed by atoms with Crippen LogP contribution < -0.4 is 0 Å². The van der Waals surface area contributed by atoms with Crippen molar-refractivity contribution >= 4 is 39.3 Å². The Labute approximate surface area is 231 Å². The molecule has 0 fully saturated rings. The highest BCUT2D eigenvalue weighted by Gasteiger charge is 2.17. The van der Waals surface area contributed by atoms with Crippen LogP contribution in [0.15, 0.2) is 126 Å². The van der Waals surface area contributed by atoms with E-state index in [1.54, 1.807) is 24.3 Å². The predicted octanol–water partition coefficient (Wildman–Crippen LogP) is 7.64. The monoisotopic (exact) mass is 522 g/mol. The number of carbonyl (C=O) groups excluding carboxylic acids is 2. The Morgan fingerprint density at radius 3 is 1.85 bits per heavy atom. The minimum atomic E-state index is -0.509. The molecule has 0 saturated heterocycles. The van der Waals surface area contributed by atoms with Crippen molar-refractivity contribution < 1.29 is 14.4 Å². The topological polar surface area (TPSA) is 60.7 Å². The molecule has 0 unspecified atom stereocenters. The maximum absolute atomic E-state index is 12.9. The second kappa shape index (κ2) is 10.5. The molecule has 0 N–H and O–H groups in total. The summed E-state index contributed by atoms with van der Waals surface area (Å²) in [5.74, 6) is -0.568. The molecule has 0 aliphatic carbocycles. The average Bonchev–Trinajstić information content (AvgIpc) is 3.31. The van der Waals surface area contributed by atoms with Gasteiger partial charge in [-0.15, -0.1) is 0 Å². The lowest BCUT2D eigenvalue weighted by atomic mass is 9.97. The summed E-state index contributed by atoms with van der Waals surface area (Å²) in [7, 11) is 0. The minimum absolute atomic E-state index is 0.0591. The zero-order valence-electron chi connectivity index (χ0n) is 22.2. The normalized spacial score (nSPS) is 11.6. The first-order valence-electron chi connectivity index (χ1n) is 13.1. The van der Waals surface area contributed by atoms with Crippen molar-refractivity contribution in [3.05, 3.63) is 149 Å². The fraction of sp³-hybridized carbons (Fsp3) is 0.0571. The van der Waals surface area contributed by atoms with Crippen molar-refractivity contribution in [1.29, 1.82) is 0 Å². The molecule has 0 saturated carbocycles. The molecule has 194 valence electrons. The molecule has 0 radical (unpaired) electrons. The van der Waals surface area contributed by atoms with Crippen molar-refractivity contribution in [1.82, 2.24) is 4.57 Å². The smallest absolute Gasteiger partial charge is 0.318 e. The van der Waals surface area contributed by atoms with Crippen molar-refractivity contribution in [2.75, 3.05) is 0 Å². The van der Waals surface area contributed by atoms with Crippen LogP contribution in [0.25, 0.3) is 27.5 Å². The summed E-state index contributed by atoms with van der Waals surface area (Å²) in [5.41, 5.74) is 7.63. The van der Waals surface area contributed by atoms with Crippen LogP contribution in [-0.2, 0) is 9.63 Å². The third-order valence-corrected chi connectivity index (χ3v) is 6.93. The molecular formula is C35H26N2O3. The molecule has 0 spiro atoms. The van der Waals surface area contributed by atoms with Gasteiger partial charge in [0.2, 0.25) is 0 Å². The fourth-order valence-corrected chi connectivity index (χ4v) is 5.06. The third kappa shape index (κ3) is 4.69. The van der Waals surface area contributed by atoms with Crippen LogP contribution in [-0.4, -0.2) is 22.0 Å². The van der Waals surface area contributed by atoms with Crippen LogP contribution in [0.2, 0.25) is 0 Å². The van der Waals surface area contributed by atoms with Crippen molar-refractivity contribution in [3.8, 4) is 5.69 Å². The number of nitrogens with zero attached hydrogens (tertiary/aromatic N) is 2. The fourth-order valence-electron chi connectivity index (χ4n) is 5.06. The van der Waals surface area contributed by atoms with Crippen LogP contribution in [0.3, 0.4) is 0 Å². The maximum atomic E-state index is 12.9. The molecule has 5 heteroatoms. The number of hydrogen-bond donors (Lipinski definition) is 0. The lowest BCUT2D eigenvalue weighted by Crippen LogP contribution is -2.07. The highest BCUT2D eigenvalue weighted by atomic mass is 16.7. The Hall–Kier alpha value is -5.29. The van der Waals surface area contributed by atoms with Crippen LogP contribution in [0.4, 0.5) is 0 Å². The second-order valence-corrected chi connectivity index (χ2v) is 9.72.